The normalized spacial score (nSPS) is 22.1. The highest BCUT2D eigenvalue weighted by Crippen LogP contribution is 2.40. The van der Waals surface area contributed by atoms with E-state index in [4.69, 9.17) is 9.47 Å². The molecule has 1 aromatic carbocycles. The van der Waals surface area contributed by atoms with Crippen molar-refractivity contribution < 1.29 is 9.47 Å². The maximum absolute atomic E-state index is 11.5. The molecule has 3 heterocycles. The highest BCUT2D eigenvalue weighted by molar-refractivity contribution is 5.64. The second kappa shape index (κ2) is 6.46. The minimum atomic E-state index is -0.465. The number of aryl methyl sites for hydroxylation is 1. The second-order valence-electron chi connectivity index (χ2n) is 7.98. The molecule has 0 bridgehead atoms. The lowest BCUT2D eigenvalue weighted by atomic mass is 9.89. The predicted octanol–water partition coefficient (Wildman–Crippen LogP) is 2.70. The summed E-state index contributed by atoms with van der Waals surface area (Å²) < 4.78 is 14.1. The van der Waals surface area contributed by atoms with Crippen LogP contribution in [-0.2, 0) is 18.4 Å². The van der Waals surface area contributed by atoms with Gasteiger partial charge >= 0.3 is 5.69 Å². The van der Waals surface area contributed by atoms with Crippen LogP contribution in [0.4, 0.5) is 0 Å². The first kappa shape index (κ1) is 17.0. The van der Waals surface area contributed by atoms with E-state index in [2.05, 4.69) is 16.0 Å². The Kier molecular flexibility index (Phi) is 4.06. The minimum absolute atomic E-state index is 0.251. The summed E-state index contributed by atoms with van der Waals surface area (Å²) in [4.78, 5) is 18.0. The molecule has 2 fully saturated rings. The average molecular weight is 367 g/mol. The van der Waals surface area contributed by atoms with Gasteiger partial charge < -0.3 is 14.0 Å². The third kappa shape index (κ3) is 3.07. The number of likely N-dealkylation sites (tertiary alicyclic amines) is 1. The van der Waals surface area contributed by atoms with Crippen LogP contribution < -0.4 is 10.4 Å². The van der Waals surface area contributed by atoms with Gasteiger partial charge in [-0.25, -0.2) is 9.78 Å². The molecule has 3 aliphatic rings. The highest BCUT2D eigenvalue weighted by atomic mass is 16.7. The SMILES string of the molecule is Cn1cc(-c2ccc3c(c2)COC2(CCN(C4CCC4)CC2)O3)cnc1=O. The zero-order valence-electron chi connectivity index (χ0n) is 15.7. The van der Waals surface area contributed by atoms with Crippen LogP contribution in [0.5, 0.6) is 5.75 Å². The van der Waals surface area contributed by atoms with Crippen LogP contribution >= 0.6 is 0 Å². The van der Waals surface area contributed by atoms with Gasteiger partial charge in [0.1, 0.15) is 5.75 Å². The Labute approximate surface area is 158 Å². The lowest BCUT2D eigenvalue weighted by Crippen LogP contribution is -2.54. The maximum atomic E-state index is 11.5. The molecule has 5 rings (SSSR count). The Morgan fingerprint density at radius 3 is 2.70 bits per heavy atom. The van der Waals surface area contributed by atoms with E-state index in [1.54, 1.807) is 19.4 Å². The van der Waals surface area contributed by atoms with Gasteiger partial charge in [-0.1, -0.05) is 12.5 Å². The predicted molar refractivity (Wildman–Crippen MR) is 102 cm³/mol. The van der Waals surface area contributed by atoms with Gasteiger partial charge in [-0.2, -0.15) is 0 Å². The van der Waals surface area contributed by atoms with Crippen molar-refractivity contribution in [3.05, 3.63) is 46.6 Å². The third-order valence-electron chi connectivity index (χ3n) is 6.28. The molecule has 0 unspecified atom stereocenters. The fourth-order valence-corrected chi connectivity index (χ4v) is 4.30. The number of hydrogen-bond acceptors (Lipinski definition) is 5. The Morgan fingerprint density at radius 2 is 2.00 bits per heavy atom. The number of ether oxygens (including phenoxy) is 2. The topological polar surface area (TPSA) is 56.6 Å². The number of fused-ring (bicyclic) bond motifs is 1. The van der Waals surface area contributed by atoms with Gasteiger partial charge in [0.15, 0.2) is 0 Å². The Balaban J connectivity index is 1.33. The van der Waals surface area contributed by atoms with Gasteiger partial charge in [-0.15, -0.1) is 0 Å². The van der Waals surface area contributed by atoms with Crippen molar-refractivity contribution >= 4 is 0 Å². The van der Waals surface area contributed by atoms with E-state index < -0.39 is 5.79 Å². The van der Waals surface area contributed by atoms with Crippen LogP contribution in [0.1, 0.15) is 37.7 Å². The largest absolute Gasteiger partial charge is 0.462 e. The molecule has 1 spiro atoms. The van der Waals surface area contributed by atoms with Crippen molar-refractivity contribution in [1.29, 1.82) is 0 Å². The first-order chi connectivity index (χ1) is 13.1. The van der Waals surface area contributed by atoms with E-state index in [-0.39, 0.29) is 5.69 Å². The minimum Gasteiger partial charge on any atom is -0.462 e. The molecule has 1 aliphatic carbocycles. The van der Waals surface area contributed by atoms with Gasteiger partial charge in [0.25, 0.3) is 0 Å². The molecule has 0 radical (unpaired) electrons. The first-order valence-corrected chi connectivity index (χ1v) is 9.85. The number of piperidine rings is 1. The fraction of sp³-hybridized carbons (Fsp3) is 0.524. The molecular weight excluding hydrogens is 342 g/mol. The van der Waals surface area contributed by atoms with Gasteiger partial charge in [0, 0.05) is 62.5 Å². The number of rotatable bonds is 2. The molecule has 0 amide bonds. The lowest BCUT2D eigenvalue weighted by molar-refractivity contribution is -0.231. The van der Waals surface area contributed by atoms with Crippen molar-refractivity contribution in [1.82, 2.24) is 14.5 Å². The Bertz CT molecular complexity index is 911. The highest BCUT2D eigenvalue weighted by Gasteiger charge is 2.42. The molecule has 1 saturated heterocycles. The number of aromatic nitrogens is 2. The molecular formula is C21H25N3O3. The van der Waals surface area contributed by atoms with E-state index >= 15 is 0 Å². The Morgan fingerprint density at radius 1 is 1.19 bits per heavy atom. The van der Waals surface area contributed by atoms with Gasteiger partial charge in [0.2, 0.25) is 5.79 Å². The van der Waals surface area contributed by atoms with Crippen LogP contribution in [0.2, 0.25) is 0 Å². The summed E-state index contributed by atoms with van der Waals surface area (Å²) in [5.41, 5.74) is 2.72. The fourth-order valence-electron chi connectivity index (χ4n) is 4.30. The molecule has 1 aromatic heterocycles. The van der Waals surface area contributed by atoms with Crippen LogP contribution in [-0.4, -0.2) is 39.4 Å². The van der Waals surface area contributed by atoms with Crippen molar-refractivity contribution in [2.45, 2.75) is 50.5 Å². The number of nitrogens with zero attached hydrogens (tertiary/aromatic N) is 3. The van der Waals surface area contributed by atoms with E-state index in [1.165, 1.54) is 23.8 Å². The zero-order chi connectivity index (χ0) is 18.4. The zero-order valence-corrected chi connectivity index (χ0v) is 15.7. The molecule has 0 atom stereocenters. The van der Waals surface area contributed by atoms with Crippen LogP contribution in [0.15, 0.2) is 35.4 Å². The van der Waals surface area contributed by atoms with Crippen molar-refractivity contribution in [3.63, 3.8) is 0 Å². The molecule has 2 aromatic rings. The third-order valence-corrected chi connectivity index (χ3v) is 6.28. The number of benzene rings is 1. The second-order valence-corrected chi connectivity index (χ2v) is 7.98. The summed E-state index contributed by atoms with van der Waals surface area (Å²) in [6.45, 7) is 2.68. The van der Waals surface area contributed by atoms with E-state index in [0.29, 0.717) is 6.61 Å². The summed E-state index contributed by atoms with van der Waals surface area (Å²) in [5, 5.41) is 0. The molecule has 6 nitrogen and oxygen atoms in total. The molecule has 0 N–H and O–H groups in total. The summed E-state index contributed by atoms with van der Waals surface area (Å²) >= 11 is 0. The monoisotopic (exact) mass is 367 g/mol. The van der Waals surface area contributed by atoms with Crippen LogP contribution in [0.3, 0.4) is 0 Å². The smallest absolute Gasteiger partial charge is 0.347 e. The summed E-state index contributed by atoms with van der Waals surface area (Å²) in [6.07, 6.45) is 9.34. The van der Waals surface area contributed by atoms with Crippen molar-refractivity contribution in [2.24, 2.45) is 7.05 Å². The summed E-state index contributed by atoms with van der Waals surface area (Å²) in [6, 6.07) is 6.92. The van der Waals surface area contributed by atoms with E-state index in [1.807, 2.05) is 12.1 Å². The Hall–Kier alpha value is -2.18. The molecule has 6 heteroatoms. The first-order valence-electron chi connectivity index (χ1n) is 9.85. The molecule has 142 valence electrons. The quantitative estimate of drug-likeness (QED) is 0.817. The lowest BCUT2D eigenvalue weighted by Gasteiger charge is -2.47. The van der Waals surface area contributed by atoms with E-state index in [0.717, 1.165) is 54.4 Å². The van der Waals surface area contributed by atoms with E-state index in [9.17, 15) is 4.79 Å². The van der Waals surface area contributed by atoms with Gasteiger partial charge in [0.05, 0.1) is 6.61 Å². The van der Waals surface area contributed by atoms with Crippen LogP contribution in [0, 0.1) is 0 Å². The maximum Gasteiger partial charge on any atom is 0.347 e. The number of hydrogen-bond donors (Lipinski definition) is 0. The average Bonchev–Trinajstić information content (AvgIpc) is 2.64. The van der Waals surface area contributed by atoms with Crippen LogP contribution in [0.25, 0.3) is 11.1 Å². The summed E-state index contributed by atoms with van der Waals surface area (Å²) in [7, 11) is 1.71. The molecule has 27 heavy (non-hydrogen) atoms. The van der Waals surface area contributed by atoms with Crippen molar-refractivity contribution in [3.8, 4) is 16.9 Å². The van der Waals surface area contributed by atoms with Gasteiger partial charge in [-0.05, 0) is 30.5 Å². The standard InChI is InChI=1S/C21H25N3O3/c1-23-13-17(12-22-20(23)25)15-5-6-19-16(11-15)14-26-21(27-19)7-9-24(10-8-21)18-3-2-4-18/h5-6,11-13,18H,2-4,7-10,14H2,1H3. The summed E-state index contributed by atoms with van der Waals surface area (Å²) in [5.74, 6) is 0.451. The molecule has 1 saturated carbocycles. The molecule has 2 aliphatic heterocycles. The van der Waals surface area contributed by atoms with Crippen molar-refractivity contribution in [2.75, 3.05) is 13.1 Å². The van der Waals surface area contributed by atoms with Gasteiger partial charge in [-0.3, -0.25) is 4.90 Å².